The molecular formula is C8H4BrFN2O2. The lowest BCUT2D eigenvalue weighted by Gasteiger charge is -1.92. The zero-order valence-electron chi connectivity index (χ0n) is 6.74. The van der Waals surface area contributed by atoms with Crippen molar-refractivity contribution in [2.75, 3.05) is 0 Å². The van der Waals surface area contributed by atoms with Crippen molar-refractivity contribution >= 4 is 27.4 Å². The summed E-state index contributed by atoms with van der Waals surface area (Å²) in [6.07, 6.45) is 0. The predicted molar refractivity (Wildman–Crippen MR) is 49.8 cm³/mol. The van der Waals surface area contributed by atoms with Crippen LogP contribution >= 0.6 is 15.9 Å². The number of halogens is 2. The third-order valence-corrected chi connectivity index (χ3v) is 2.54. The smallest absolute Gasteiger partial charge is 0.357 e. The van der Waals surface area contributed by atoms with E-state index >= 15 is 0 Å². The maximum absolute atomic E-state index is 13.1. The van der Waals surface area contributed by atoms with Crippen molar-refractivity contribution in [3.8, 4) is 0 Å². The average Bonchev–Trinajstić information content (AvgIpc) is 2.46. The molecule has 2 rings (SSSR count). The van der Waals surface area contributed by atoms with Gasteiger partial charge in [0.1, 0.15) is 0 Å². The monoisotopic (exact) mass is 258 g/mol. The van der Waals surface area contributed by atoms with Crippen molar-refractivity contribution in [2.45, 2.75) is 0 Å². The molecule has 0 aromatic carbocycles. The molecule has 4 nitrogen and oxygen atoms in total. The van der Waals surface area contributed by atoms with Gasteiger partial charge in [0.15, 0.2) is 5.69 Å². The first-order chi connectivity index (χ1) is 6.61. The first-order valence-corrected chi connectivity index (χ1v) is 4.46. The van der Waals surface area contributed by atoms with Gasteiger partial charge in [-0.2, -0.15) is 9.49 Å². The molecule has 2 aromatic heterocycles. The predicted octanol–water partition coefficient (Wildman–Crippen LogP) is 1.93. The number of aromatic nitrogens is 2. The van der Waals surface area contributed by atoms with Crippen LogP contribution in [0.1, 0.15) is 10.5 Å². The molecule has 0 atom stereocenters. The molecule has 0 saturated carbocycles. The number of fused-ring (bicyclic) bond motifs is 1. The molecule has 14 heavy (non-hydrogen) atoms. The van der Waals surface area contributed by atoms with Gasteiger partial charge in [-0.25, -0.2) is 9.31 Å². The van der Waals surface area contributed by atoms with Gasteiger partial charge >= 0.3 is 5.97 Å². The second-order valence-corrected chi connectivity index (χ2v) is 3.41. The Labute approximate surface area is 86.1 Å². The highest BCUT2D eigenvalue weighted by Crippen LogP contribution is 2.22. The van der Waals surface area contributed by atoms with E-state index in [1.165, 1.54) is 12.1 Å². The van der Waals surface area contributed by atoms with Crippen molar-refractivity contribution in [1.29, 1.82) is 0 Å². The average molecular weight is 259 g/mol. The Morgan fingerprint density at radius 1 is 1.57 bits per heavy atom. The summed E-state index contributed by atoms with van der Waals surface area (Å²) in [4.78, 5) is 10.7. The fourth-order valence-corrected chi connectivity index (χ4v) is 1.69. The second-order valence-electron chi connectivity index (χ2n) is 2.61. The SMILES string of the molecule is O=C(O)c1nn2c(F)cccc2c1Br. The summed E-state index contributed by atoms with van der Waals surface area (Å²) < 4.78 is 14.3. The largest absolute Gasteiger partial charge is 0.476 e. The minimum atomic E-state index is -1.19. The number of hydrogen-bond acceptors (Lipinski definition) is 2. The zero-order chi connectivity index (χ0) is 10.3. The molecule has 0 bridgehead atoms. The van der Waals surface area contributed by atoms with Crippen LogP contribution in [0, 0.1) is 5.95 Å². The fraction of sp³-hybridized carbons (Fsp3) is 0. The molecule has 0 aliphatic heterocycles. The Morgan fingerprint density at radius 2 is 2.29 bits per heavy atom. The third kappa shape index (κ3) is 1.19. The molecule has 6 heteroatoms. The first-order valence-electron chi connectivity index (χ1n) is 3.67. The summed E-state index contributed by atoms with van der Waals surface area (Å²) in [5.74, 6) is -1.80. The van der Waals surface area contributed by atoms with Gasteiger partial charge in [0.25, 0.3) is 0 Å². The lowest BCUT2D eigenvalue weighted by atomic mass is 10.3. The molecule has 0 aliphatic rings. The van der Waals surface area contributed by atoms with E-state index in [2.05, 4.69) is 21.0 Å². The molecule has 2 aromatic rings. The second kappa shape index (κ2) is 3.06. The van der Waals surface area contributed by atoms with Crippen LogP contribution in [0.4, 0.5) is 4.39 Å². The molecule has 0 aliphatic carbocycles. The summed E-state index contributed by atoms with van der Waals surface area (Å²) in [7, 11) is 0. The van der Waals surface area contributed by atoms with Crippen LogP contribution in [-0.4, -0.2) is 20.7 Å². The van der Waals surface area contributed by atoms with E-state index in [9.17, 15) is 9.18 Å². The van der Waals surface area contributed by atoms with Crippen LogP contribution in [0.3, 0.4) is 0 Å². The van der Waals surface area contributed by atoms with Gasteiger partial charge in [-0.05, 0) is 28.1 Å². The molecule has 72 valence electrons. The van der Waals surface area contributed by atoms with Gasteiger partial charge in [-0.3, -0.25) is 0 Å². The van der Waals surface area contributed by atoms with Crippen molar-refractivity contribution in [3.05, 3.63) is 34.3 Å². The quantitative estimate of drug-likeness (QED) is 0.796. The van der Waals surface area contributed by atoms with Crippen LogP contribution in [0.25, 0.3) is 5.52 Å². The number of nitrogens with zero attached hydrogens (tertiary/aromatic N) is 2. The first kappa shape index (κ1) is 9.14. The minimum Gasteiger partial charge on any atom is -0.476 e. The van der Waals surface area contributed by atoms with Crippen molar-refractivity contribution in [2.24, 2.45) is 0 Å². The van der Waals surface area contributed by atoms with E-state index in [0.717, 1.165) is 4.52 Å². The molecule has 0 radical (unpaired) electrons. The van der Waals surface area contributed by atoms with Crippen LogP contribution in [0.5, 0.6) is 0 Å². The van der Waals surface area contributed by atoms with E-state index in [-0.39, 0.29) is 10.2 Å². The van der Waals surface area contributed by atoms with Crippen LogP contribution < -0.4 is 0 Å². The summed E-state index contributed by atoms with van der Waals surface area (Å²) in [5.41, 5.74) is 0.192. The highest BCUT2D eigenvalue weighted by Gasteiger charge is 2.17. The Hall–Kier alpha value is -1.43. The molecule has 0 amide bonds. The van der Waals surface area contributed by atoms with Crippen molar-refractivity contribution in [3.63, 3.8) is 0 Å². The van der Waals surface area contributed by atoms with Gasteiger partial charge in [0, 0.05) is 0 Å². The van der Waals surface area contributed by atoms with Gasteiger partial charge in [0.2, 0.25) is 5.95 Å². The summed E-state index contributed by atoms with van der Waals surface area (Å²) >= 11 is 3.06. The summed E-state index contributed by atoms with van der Waals surface area (Å²) in [6, 6.07) is 4.27. The number of pyridine rings is 1. The van der Waals surface area contributed by atoms with Crippen LogP contribution in [0.2, 0.25) is 0 Å². The van der Waals surface area contributed by atoms with Gasteiger partial charge in [-0.15, -0.1) is 0 Å². The molecule has 0 unspecified atom stereocenters. The lowest BCUT2D eigenvalue weighted by Crippen LogP contribution is -1.99. The van der Waals surface area contributed by atoms with Crippen molar-refractivity contribution < 1.29 is 14.3 Å². The van der Waals surface area contributed by atoms with Gasteiger partial charge < -0.3 is 5.11 Å². The molecule has 0 spiro atoms. The van der Waals surface area contributed by atoms with E-state index < -0.39 is 11.9 Å². The molecule has 2 heterocycles. The lowest BCUT2D eigenvalue weighted by molar-refractivity contribution is 0.0689. The summed E-state index contributed by atoms with van der Waals surface area (Å²) in [6.45, 7) is 0. The van der Waals surface area contributed by atoms with Gasteiger partial charge in [-0.1, -0.05) is 6.07 Å². The fourth-order valence-electron chi connectivity index (χ4n) is 1.14. The number of rotatable bonds is 1. The number of carbonyl (C=O) groups is 1. The van der Waals surface area contributed by atoms with Crippen LogP contribution in [0.15, 0.2) is 22.7 Å². The van der Waals surface area contributed by atoms with E-state index in [1.54, 1.807) is 6.07 Å². The number of carboxylic acids is 1. The highest BCUT2D eigenvalue weighted by molar-refractivity contribution is 9.10. The standard InChI is InChI=1S/C8H4BrFN2O2/c9-6-4-2-1-3-5(10)12(4)11-7(6)8(13)14/h1-3H,(H,13,14). The molecular weight excluding hydrogens is 255 g/mol. The minimum absolute atomic E-state index is 0.199. The van der Waals surface area contributed by atoms with Crippen LogP contribution in [-0.2, 0) is 0 Å². The van der Waals surface area contributed by atoms with Crippen molar-refractivity contribution in [1.82, 2.24) is 9.61 Å². The number of aromatic carboxylic acids is 1. The Bertz CT molecular complexity index is 523. The molecule has 0 saturated heterocycles. The Morgan fingerprint density at radius 3 is 2.86 bits per heavy atom. The van der Waals surface area contributed by atoms with E-state index in [4.69, 9.17) is 5.11 Å². The molecule has 1 N–H and O–H groups in total. The normalized spacial score (nSPS) is 10.7. The summed E-state index contributed by atoms with van der Waals surface area (Å²) in [5, 5.41) is 12.3. The van der Waals surface area contributed by atoms with Gasteiger partial charge in [0.05, 0.1) is 9.99 Å². The number of carboxylic acid groups (broad SMARTS) is 1. The zero-order valence-corrected chi connectivity index (χ0v) is 8.32. The Balaban J connectivity index is 2.86. The highest BCUT2D eigenvalue weighted by atomic mass is 79.9. The topological polar surface area (TPSA) is 54.6 Å². The number of hydrogen-bond donors (Lipinski definition) is 1. The third-order valence-electron chi connectivity index (χ3n) is 1.75. The Kier molecular flexibility index (Phi) is 1.99. The van der Waals surface area contributed by atoms with E-state index in [1.807, 2.05) is 0 Å². The molecule has 0 fully saturated rings. The maximum atomic E-state index is 13.1. The van der Waals surface area contributed by atoms with E-state index in [0.29, 0.717) is 5.52 Å². The maximum Gasteiger partial charge on any atom is 0.357 e.